The van der Waals surface area contributed by atoms with Gasteiger partial charge in [0.2, 0.25) is 0 Å². The predicted octanol–water partition coefficient (Wildman–Crippen LogP) is 3.98. The third-order valence-electron chi connectivity index (χ3n) is 3.21. The van der Waals surface area contributed by atoms with Gasteiger partial charge in [-0.05, 0) is 29.7 Å². The van der Waals surface area contributed by atoms with Gasteiger partial charge in [-0.15, -0.1) is 0 Å². The van der Waals surface area contributed by atoms with Crippen LogP contribution in [-0.2, 0) is 6.42 Å². The quantitative estimate of drug-likeness (QED) is 0.763. The summed E-state index contributed by atoms with van der Waals surface area (Å²) >= 11 is 12.3. The fourth-order valence-electron chi connectivity index (χ4n) is 2.43. The zero-order chi connectivity index (χ0) is 12.0. The van der Waals surface area contributed by atoms with Gasteiger partial charge in [0.05, 0.1) is 0 Å². The summed E-state index contributed by atoms with van der Waals surface area (Å²) in [5.41, 5.74) is 3.71. The maximum Gasteiger partial charge on any atom is 0.107 e. The lowest BCUT2D eigenvalue weighted by molar-refractivity contribution is 0.215. The van der Waals surface area contributed by atoms with Crippen molar-refractivity contribution in [3.63, 3.8) is 0 Å². The number of hydrogen-bond acceptors (Lipinski definition) is 1. The highest BCUT2D eigenvalue weighted by Crippen LogP contribution is 2.41. The molecular formula is C14H10Cl2O. The molecule has 17 heavy (non-hydrogen) atoms. The second-order valence-electron chi connectivity index (χ2n) is 4.20. The fraction of sp³-hybridized carbons (Fsp3) is 0.143. The summed E-state index contributed by atoms with van der Waals surface area (Å²) in [4.78, 5) is 0. The Bertz CT molecular complexity index is 541. The largest absolute Gasteiger partial charge is 0.384 e. The van der Waals surface area contributed by atoms with Gasteiger partial charge in [0.15, 0.2) is 0 Å². The summed E-state index contributed by atoms with van der Waals surface area (Å²) < 4.78 is 0. The van der Waals surface area contributed by atoms with E-state index in [2.05, 4.69) is 0 Å². The maximum atomic E-state index is 10.4. The van der Waals surface area contributed by atoms with Crippen molar-refractivity contribution < 1.29 is 5.11 Å². The minimum Gasteiger partial charge on any atom is -0.384 e. The highest BCUT2D eigenvalue weighted by molar-refractivity contribution is 6.32. The molecule has 0 saturated heterocycles. The van der Waals surface area contributed by atoms with Crippen LogP contribution < -0.4 is 0 Å². The molecule has 86 valence electrons. The number of fused-ring (bicyclic) bond motifs is 2. The minimum absolute atomic E-state index is 0.598. The molecule has 1 nitrogen and oxygen atoms in total. The molecule has 0 saturated carbocycles. The van der Waals surface area contributed by atoms with Crippen molar-refractivity contribution in [2.24, 2.45) is 0 Å². The van der Waals surface area contributed by atoms with Crippen molar-refractivity contribution in [3.8, 4) is 0 Å². The smallest absolute Gasteiger partial charge is 0.107 e. The van der Waals surface area contributed by atoms with Crippen LogP contribution in [0.3, 0.4) is 0 Å². The highest BCUT2D eigenvalue weighted by atomic mass is 35.5. The van der Waals surface area contributed by atoms with E-state index in [1.807, 2.05) is 24.3 Å². The molecular weight excluding hydrogens is 255 g/mol. The van der Waals surface area contributed by atoms with Crippen molar-refractivity contribution in [2.45, 2.75) is 12.5 Å². The number of benzene rings is 2. The molecule has 0 amide bonds. The average molecular weight is 265 g/mol. The molecule has 1 aliphatic rings. The first-order valence-corrected chi connectivity index (χ1v) is 6.16. The lowest BCUT2D eigenvalue weighted by Crippen LogP contribution is -2.14. The lowest BCUT2D eigenvalue weighted by Gasteiger charge is -2.26. The normalized spacial score (nSPS) is 14.3. The molecule has 0 aliphatic heterocycles. The number of aliphatic hydroxyl groups is 1. The Balaban J connectivity index is 2.26. The molecule has 0 atom stereocenters. The summed E-state index contributed by atoms with van der Waals surface area (Å²) in [6.45, 7) is 0. The van der Waals surface area contributed by atoms with Gasteiger partial charge in [-0.2, -0.15) is 0 Å². The van der Waals surface area contributed by atoms with Crippen molar-refractivity contribution >= 4 is 23.2 Å². The molecule has 0 radical (unpaired) electrons. The Labute approximate surface area is 110 Å². The second-order valence-corrected chi connectivity index (χ2v) is 5.02. The molecule has 0 aromatic heterocycles. The standard InChI is InChI=1S/C14H10Cl2O/c15-10-5-1-3-8-7-9-4-2-6-11(16)13(9)14(17)12(8)10/h1-6,14,17H,7H2. The molecule has 0 spiro atoms. The van der Waals surface area contributed by atoms with E-state index in [0.717, 1.165) is 28.7 Å². The number of aliphatic hydroxyl groups excluding tert-OH is 1. The van der Waals surface area contributed by atoms with Crippen LogP contribution in [0, 0.1) is 0 Å². The minimum atomic E-state index is -0.726. The Kier molecular flexibility index (Phi) is 2.62. The second kappa shape index (κ2) is 4.02. The van der Waals surface area contributed by atoms with E-state index < -0.39 is 6.10 Å². The van der Waals surface area contributed by atoms with Gasteiger partial charge in [0.25, 0.3) is 0 Å². The Morgan fingerprint density at radius 1 is 0.882 bits per heavy atom. The SMILES string of the molecule is OC1c2c(Cl)cccc2Cc2cccc(Cl)c21. The summed E-state index contributed by atoms with van der Waals surface area (Å²) in [5, 5.41) is 11.6. The van der Waals surface area contributed by atoms with Crippen molar-refractivity contribution in [2.75, 3.05) is 0 Å². The number of halogens is 2. The van der Waals surface area contributed by atoms with Crippen LogP contribution in [0.1, 0.15) is 28.4 Å². The van der Waals surface area contributed by atoms with Crippen LogP contribution in [-0.4, -0.2) is 5.11 Å². The van der Waals surface area contributed by atoms with Gasteiger partial charge in [0, 0.05) is 21.2 Å². The van der Waals surface area contributed by atoms with E-state index in [1.54, 1.807) is 12.1 Å². The molecule has 2 aromatic rings. The van der Waals surface area contributed by atoms with Crippen molar-refractivity contribution in [3.05, 3.63) is 68.7 Å². The van der Waals surface area contributed by atoms with Crippen LogP contribution in [0.25, 0.3) is 0 Å². The first-order chi connectivity index (χ1) is 8.18. The van der Waals surface area contributed by atoms with Crippen molar-refractivity contribution in [1.82, 2.24) is 0 Å². The molecule has 0 unspecified atom stereocenters. The summed E-state index contributed by atoms with van der Waals surface area (Å²) in [5.74, 6) is 0. The summed E-state index contributed by atoms with van der Waals surface area (Å²) in [7, 11) is 0. The van der Waals surface area contributed by atoms with Crippen LogP contribution >= 0.6 is 23.2 Å². The topological polar surface area (TPSA) is 20.2 Å². The molecule has 0 fully saturated rings. The molecule has 0 bridgehead atoms. The fourth-order valence-corrected chi connectivity index (χ4v) is 3.03. The third-order valence-corrected chi connectivity index (χ3v) is 3.87. The monoisotopic (exact) mass is 264 g/mol. The van der Waals surface area contributed by atoms with E-state index in [9.17, 15) is 5.11 Å². The first-order valence-electron chi connectivity index (χ1n) is 5.41. The maximum absolute atomic E-state index is 10.4. The van der Waals surface area contributed by atoms with E-state index in [1.165, 1.54) is 0 Å². The van der Waals surface area contributed by atoms with Gasteiger partial charge in [-0.25, -0.2) is 0 Å². The van der Waals surface area contributed by atoms with E-state index in [-0.39, 0.29) is 0 Å². The number of rotatable bonds is 0. The molecule has 2 aromatic carbocycles. The molecule has 3 heteroatoms. The zero-order valence-electron chi connectivity index (χ0n) is 8.95. The third kappa shape index (κ3) is 1.66. The lowest BCUT2D eigenvalue weighted by atomic mass is 9.84. The van der Waals surface area contributed by atoms with E-state index >= 15 is 0 Å². The zero-order valence-corrected chi connectivity index (χ0v) is 10.5. The van der Waals surface area contributed by atoms with Gasteiger partial charge < -0.3 is 5.11 Å². The Morgan fingerprint density at radius 2 is 1.35 bits per heavy atom. The molecule has 1 N–H and O–H groups in total. The van der Waals surface area contributed by atoms with Crippen LogP contribution in [0.2, 0.25) is 10.0 Å². The van der Waals surface area contributed by atoms with E-state index in [0.29, 0.717) is 10.0 Å². The first kappa shape index (κ1) is 11.1. The molecule has 0 heterocycles. The van der Waals surface area contributed by atoms with Crippen LogP contribution in [0.5, 0.6) is 0 Å². The van der Waals surface area contributed by atoms with Gasteiger partial charge in [-0.1, -0.05) is 47.5 Å². The van der Waals surface area contributed by atoms with Crippen molar-refractivity contribution in [1.29, 1.82) is 0 Å². The summed E-state index contributed by atoms with van der Waals surface area (Å²) in [6, 6.07) is 11.4. The number of hydrogen-bond donors (Lipinski definition) is 1. The highest BCUT2D eigenvalue weighted by Gasteiger charge is 2.27. The average Bonchev–Trinajstić information content (AvgIpc) is 2.28. The molecule has 1 aliphatic carbocycles. The van der Waals surface area contributed by atoms with Gasteiger partial charge >= 0.3 is 0 Å². The predicted molar refractivity (Wildman–Crippen MR) is 69.8 cm³/mol. The summed E-state index contributed by atoms with van der Waals surface area (Å²) in [6.07, 6.45) is 0.0409. The van der Waals surface area contributed by atoms with Gasteiger partial charge in [-0.3, -0.25) is 0 Å². The van der Waals surface area contributed by atoms with Crippen LogP contribution in [0.15, 0.2) is 36.4 Å². The Morgan fingerprint density at radius 3 is 1.82 bits per heavy atom. The molecule has 3 rings (SSSR count). The van der Waals surface area contributed by atoms with Gasteiger partial charge in [0.1, 0.15) is 6.10 Å². The Hall–Kier alpha value is -1.02. The van der Waals surface area contributed by atoms with E-state index in [4.69, 9.17) is 23.2 Å². The van der Waals surface area contributed by atoms with Crippen LogP contribution in [0.4, 0.5) is 0 Å².